The maximum Gasteiger partial charge on any atom is 0.00671 e. The summed E-state index contributed by atoms with van der Waals surface area (Å²) in [6, 6.07) is 5.21. The second-order valence-corrected chi connectivity index (χ2v) is 6.16. The number of nitrogens with one attached hydrogen (secondary N) is 1. The molecule has 1 saturated carbocycles. The van der Waals surface area contributed by atoms with Crippen LogP contribution in [0.15, 0.2) is 17.5 Å². The molecular weight excluding hydrogens is 214 g/mol. The largest absolute Gasteiger partial charge is 0.314 e. The fourth-order valence-electron chi connectivity index (χ4n) is 2.52. The quantitative estimate of drug-likeness (QED) is 0.820. The van der Waals surface area contributed by atoms with Gasteiger partial charge >= 0.3 is 0 Å². The van der Waals surface area contributed by atoms with Gasteiger partial charge in [-0.05, 0) is 43.2 Å². The lowest BCUT2D eigenvalue weighted by atomic mass is 9.95. The first-order valence-electron chi connectivity index (χ1n) is 6.60. The van der Waals surface area contributed by atoms with Gasteiger partial charge in [-0.25, -0.2) is 0 Å². The highest BCUT2D eigenvalue weighted by molar-refractivity contribution is 7.09. The fraction of sp³-hybridized carbons (Fsp3) is 0.714. The second kappa shape index (κ2) is 6.41. The molecule has 0 aliphatic heterocycles. The molecule has 1 fully saturated rings. The Labute approximate surface area is 103 Å². The van der Waals surface area contributed by atoms with Crippen molar-refractivity contribution in [1.29, 1.82) is 0 Å². The Kier molecular flexibility index (Phi) is 4.86. The normalized spacial score (nSPS) is 19.8. The van der Waals surface area contributed by atoms with Crippen LogP contribution in [0.1, 0.15) is 43.9 Å². The molecule has 2 rings (SSSR count). The van der Waals surface area contributed by atoms with Crippen molar-refractivity contribution in [2.24, 2.45) is 5.92 Å². The standard InChI is InChI=1S/C14H23NS/c1-12(10-14-8-5-9-16-14)11-15-13-6-3-2-4-7-13/h5,8-9,12-13,15H,2-4,6-7,10-11H2,1H3. The lowest BCUT2D eigenvalue weighted by Gasteiger charge is -2.24. The summed E-state index contributed by atoms with van der Waals surface area (Å²) in [7, 11) is 0. The molecule has 1 aliphatic rings. The summed E-state index contributed by atoms with van der Waals surface area (Å²) in [4.78, 5) is 1.53. The summed E-state index contributed by atoms with van der Waals surface area (Å²) >= 11 is 1.88. The lowest BCUT2D eigenvalue weighted by Crippen LogP contribution is -2.34. The third-order valence-electron chi connectivity index (χ3n) is 3.49. The Morgan fingerprint density at radius 3 is 2.88 bits per heavy atom. The van der Waals surface area contributed by atoms with Crippen LogP contribution in [0.5, 0.6) is 0 Å². The van der Waals surface area contributed by atoms with E-state index in [1.54, 1.807) is 0 Å². The first-order chi connectivity index (χ1) is 7.84. The van der Waals surface area contributed by atoms with E-state index in [2.05, 4.69) is 29.8 Å². The Bertz CT molecular complexity index is 275. The highest BCUT2D eigenvalue weighted by Crippen LogP contribution is 2.18. The van der Waals surface area contributed by atoms with Crippen LogP contribution in [-0.4, -0.2) is 12.6 Å². The minimum absolute atomic E-state index is 0.764. The minimum Gasteiger partial charge on any atom is -0.314 e. The zero-order chi connectivity index (χ0) is 11.2. The number of hydrogen-bond acceptors (Lipinski definition) is 2. The minimum atomic E-state index is 0.764. The predicted molar refractivity (Wildman–Crippen MR) is 72.1 cm³/mol. The maximum absolute atomic E-state index is 3.74. The zero-order valence-electron chi connectivity index (χ0n) is 10.2. The van der Waals surface area contributed by atoms with Crippen LogP contribution in [0.25, 0.3) is 0 Å². The Hall–Kier alpha value is -0.340. The van der Waals surface area contributed by atoms with Gasteiger partial charge in [-0.2, -0.15) is 0 Å². The lowest BCUT2D eigenvalue weighted by molar-refractivity contribution is 0.352. The maximum atomic E-state index is 3.74. The molecule has 1 aromatic rings. The highest BCUT2D eigenvalue weighted by Gasteiger charge is 2.13. The summed E-state index contributed by atoms with van der Waals surface area (Å²) in [5.41, 5.74) is 0. The monoisotopic (exact) mass is 237 g/mol. The second-order valence-electron chi connectivity index (χ2n) is 5.13. The summed E-state index contributed by atoms with van der Waals surface area (Å²) in [6.45, 7) is 3.54. The molecule has 16 heavy (non-hydrogen) atoms. The van der Waals surface area contributed by atoms with Crippen molar-refractivity contribution in [3.05, 3.63) is 22.4 Å². The van der Waals surface area contributed by atoms with Crippen molar-refractivity contribution in [2.75, 3.05) is 6.54 Å². The van der Waals surface area contributed by atoms with Gasteiger partial charge in [0, 0.05) is 10.9 Å². The number of rotatable bonds is 5. The molecular formula is C14H23NS. The third kappa shape index (κ3) is 3.91. The highest BCUT2D eigenvalue weighted by atomic mass is 32.1. The van der Waals surface area contributed by atoms with Crippen molar-refractivity contribution in [2.45, 2.75) is 51.5 Å². The van der Waals surface area contributed by atoms with Gasteiger partial charge < -0.3 is 5.32 Å². The summed E-state index contributed by atoms with van der Waals surface area (Å²) in [5.74, 6) is 0.764. The van der Waals surface area contributed by atoms with Gasteiger partial charge in [-0.1, -0.05) is 32.3 Å². The predicted octanol–water partition coefficient (Wildman–Crippen LogP) is 3.85. The van der Waals surface area contributed by atoms with Gasteiger partial charge in [0.2, 0.25) is 0 Å². The molecule has 0 spiro atoms. The summed E-state index contributed by atoms with van der Waals surface area (Å²) < 4.78 is 0. The van der Waals surface area contributed by atoms with Crippen LogP contribution in [0.3, 0.4) is 0 Å². The Morgan fingerprint density at radius 2 is 2.19 bits per heavy atom. The van der Waals surface area contributed by atoms with Gasteiger partial charge in [0.1, 0.15) is 0 Å². The molecule has 2 heteroatoms. The summed E-state index contributed by atoms with van der Waals surface area (Å²) in [5, 5.41) is 5.92. The Balaban J connectivity index is 1.65. The zero-order valence-corrected chi connectivity index (χ0v) is 11.1. The molecule has 0 radical (unpaired) electrons. The van der Waals surface area contributed by atoms with Crippen LogP contribution in [0.4, 0.5) is 0 Å². The van der Waals surface area contributed by atoms with E-state index in [-0.39, 0.29) is 0 Å². The van der Waals surface area contributed by atoms with E-state index < -0.39 is 0 Å². The topological polar surface area (TPSA) is 12.0 Å². The van der Waals surface area contributed by atoms with Crippen molar-refractivity contribution >= 4 is 11.3 Å². The van der Waals surface area contributed by atoms with Crippen molar-refractivity contribution in [3.63, 3.8) is 0 Å². The molecule has 1 unspecified atom stereocenters. The molecule has 1 N–H and O–H groups in total. The smallest absolute Gasteiger partial charge is 0.00671 e. The molecule has 0 saturated heterocycles. The summed E-state index contributed by atoms with van der Waals surface area (Å²) in [6.07, 6.45) is 8.33. The van der Waals surface area contributed by atoms with Gasteiger partial charge in [0.15, 0.2) is 0 Å². The molecule has 1 aliphatic carbocycles. The number of hydrogen-bond donors (Lipinski definition) is 1. The van der Waals surface area contributed by atoms with Crippen LogP contribution >= 0.6 is 11.3 Å². The van der Waals surface area contributed by atoms with E-state index in [4.69, 9.17) is 0 Å². The van der Waals surface area contributed by atoms with Crippen LogP contribution < -0.4 is 5.32 Å². The first kappa shape index (κ1) is 12.1. The third-order valence-corrected chi connectivity index (χ3v) is 4.39. The van der Waals surface area contributed by atoms with E-state index >= 15 is 0 Å². The van der Waals surface area contributed by atoms with Crippen molar-refractivity contribution < 1.29 is 0 Å². The van der Waals surface area contributed by atoms with E-state index in [9.17, 15) is 0 Å². The molecule has 0 aromatic carbocycles. The van der Waals surface area contributed by atoms with Crippen molar-refractivity contribution in [3.8, 4) is 0 Å². The van der Waals surface area contributed by atoms with Gasteiger partial charge in [0.05, 0.1) is 0 Å². The van der Waals surface area contributed by atoms with Crippen LogP contribution in [0, 0.1) is 5.92 Å². The molecule has 0 bridgehead atoms. The molecule has 1 aromatic heterocycles. The average molecular weight is 237 g/mol. The average Bonchev–Trinajstić information content (AvgIpc) is 2.81. The van der Waals surface area contributed by atoms with E-state index in [1.165, 1.54) is 49.9 Å². The molecule has 1 atom stereocenters. The molecule has 0 amide bonds. The fourth-order valence-corrected chi connectivity index (χ4v) is 3.39. The number of thiophene rings is 1. The molecule has 1 heterocycles. The van der Waals surface area contributed by atoms with E-state index in [0.29, 0.717) is 0 Å². The molecule has 1 nitrogen and oxygen atoms in total. The van der Waals surface area contributed by atoms with Crippen LogP contribution in [-0.2, 0) is 6.42 Å². The van der Waals surface area contributed by atoms with E-state index in [0.717, 1.165) is 12.0 Å². The Morgan fingerprint density at radius 1 is 1.38 bits per heavy atom. The SMILES string of the molecule is CC(CNC1CCCCC1)Cc1cccs1. The van der Waals surface area contributed by atoms with Gasteiger partial charge in [0.25, 0.3) is 0 Å². The first-order valence-corrected chi connectivity index (χ1v) is 7.48. The van der Waals surface area contributed by atoms with Gasteiger partial charge in [-0.3, -0.25) is 0 Å². The van der Waals surface area contributed by atoms with Crippen molar-refractivity contribution in [1.82, 2.24) is 5.32 Å². The van der Waals surface area contributed by atoms with E-state index in [1.807, 2.05) is 11.3 Å². The van der Waals surface area contributed by atoms with Crippen LogP contribution in [0.2, 0.25) is 0 Å². The molecule has 90 valence electrons. The van der Waals surface area contributed by atoms with Gasteiger partial charge in [-0.15, -0.1) is 11.3 Å².